The molecule has 1 heterocycles. The number of carbonyl (C=O) groups excluding carboxylic acids is 1. The second kappa shape index (κ2) is 10.1. The van der Waals surface area contributed by atoms with Gasteiger partial charge in [0.05, 0.1) is 33.5 Å². The Morgan fingerprint density at radius 2 is 1.88 bits per heavy atom. The Balaban J connectivity index is 0.00000243. The van der Waals surface area contributed by atoms with Crippen molar-refractivity contribution in [2.75, 3.05) is 33.9 Å². The number of ether oxygens (including phenoxy) is 3. The highest BCUT2D eigenvalue weighted by Gasteiger charge is 2.34. The molecule has 0 amide bonds. The summed E-state index contributed by atoms with van der Waals surface area (Å²) in [5.41, 5.74) is 1.18. The van der Waals surface area contributed by atoms with Crippen LogP contribution >= 0.6 is 12.4 Å². The van der Waals surface area contributed by atoms with Gasteiger partial charge in [-0.15, -0.1) is 12.4 Å². The van der Waals surface area contributed by atoms with Gasteiger partial charge in [0.25, 0.3) is 0 Å². The minimum absolute atomic E-state index is 0. The number of rotatable bonds is 7. The van der Waals surface area contributed by atoms with Gasteiger partial charge < -0.3 is 14.2 Å². The van der Waals surface area contributed by atoms with Crippen molar-refractivity contribution < 1.29 is 19.0 Å². The van der Waals surface area contributed by atoms with Gasteiger partial charge in [-0.2, -0.15) is 0 Å². The highest BCUT2D eigenvalue weighted by molar-refractivity contribution is 5.85. The fourth-order valence-electron chi connectivity index (χ4n) is 3.99. The minimum Gasteiger partial charge on any atom is -0.493 e. The highest BCUT2D eigenvalue weighted by atomic mass is 35.5. The molecule has 1 aromatic carbocycles. The Bertz CT molecular complexity index is 595. The molecule has 0 bridgehead atoms. The van der Waals surface area contributed by atoms with Crippen molar-refractivity contribution in [1.82, 2.24) is 4.90 Å². The number of ketones is 1. The first-order chi connectivity index (χ1) is 12.2. The zero-order chi connectivity index (χ0) is 17.6. The first-order valence-corrected chi connectivity index (χ1v) is 9.29. The molecule has 2 atom stereocenters. The van der Waals surface area contributed by atoms with E-state index in [1.165, 1.54) is 18.4 Å². The molecule has 1 aliphatic carbocycles. The van der Waals surface area contributed by atoms with Crippen molar-refractivity contribution in [3.05, 3.63) is 23.8 Å². The number of carbonyl (C=O) groups is 1. The lowest BCUT2D eigenvalue weighted by Gasteiger charge is -2.37. The monoisotopic (exact) mass is 383 g/mol. The first-order valence-electron chi connectivity index (χ1n) is 9.29. The largest absolute Gasteiger partial charge is 0.493 e. The third-order valence-corrected chi connectivity index (χ3v) is 5.36. The van der Waals surface area contributed by atoms with Gasteiger partial charge in [-0.05, 0) is 37.0 Å². The number of Topliss-reactive ketones (excluding diaryl/α,β-unsaturated/α-hetero) is 1. The molecule has 1 saturated carbocycles. The van der Waals surface area contributed by atoms with Crippen LogP contribution in [-0.2, 0) is 16.0 Å². The minimum atomic E-state index is 0. The fourth-order valence-corrected chi connectivity index (χ4v) is 3.99. The van der Waals surface area contributed by atoms with E-state index >= 15 is 0 Å². The standard InChI is InChI=1S/C20H29NO4.ClH/c1-23-19-8-7-15(13-20(19)24-2)10-12-25-18-6-4-3-5-17(18)21-11-9-16(22)14-21;/h7-8,13,17-18H,3-6,9-12,14H2,1-2H3;1H/t17-,18-;/m0./s1. The van der Waals surface area contributed by atoms with E-state index in [0.29, 0.717) is 31.4 Å². The van der Waals surface area contributed by atoms with Gasteiger partial charge in [0.1, 0.15) is 5.78 Å². The highest BCUT2D eigenvalue weighted by Crippen LogP contribution is 2.29. The van der Waals surface area contributed by atoms with Crippen LogP contribution in [0.5, 0.6) is 11.5 Å². The molecule has 146 valence electrons. The summed E-state index contributed by atoms with van der Waals surface area (Å²) >= 11 is 0. The molecule has 1 aromatic rings. The number of hydrogen-bond donors (Lipinski definition) is 0. The predicted molar refractivity (Wildman–Crippen MR) is 104 cm³/mol. The Kier molecular flexibility index (Phi) is 8.19. The van der Waals surface area contributed by atoms with Crippen molar-refractivity contribution in [2.24, 2.45) is 0 Å². The van der Waals surface area contributed by atoms with E-state index in [1.807, 2.05) is 12.1 Å². The number of likely N-dealkylation sites (tertiary alicyclic amines) is 1. The van der Waals surface area contributed by atoms with Gasteiger partial charge in [-0.1, -0.05) is 18.9 Å². The smallest absolute Gasteiger partial charge is 0.160 e. The summed E-state index contributed by atoms with van der Waals surface area (Å²) in [4.78, 5) is 13.9. The van der Waals surface area contributed by atoms with Crippen molar-refractivity contribution in [2.45, 2.75) is 50.7 Å². The average Bonchev–Trinajstić information content (AvgIpc) is 3.08. The second-order valence-corrected chi connectivity index (χ2v) is 6.96. The zero-order valence-electron chi connectivity index (χ0n) is 15.7. The molecule has 0 spiro atoms. The molecule has 1 aliphatic heterocycles. The second-order valence-electron chi connectivity index (χ2n) is 6.96. The van der Waals surface area contributed by atoms with Crippen LogP contribution in [-0.4, -0.2) is 56.7 Å². The fraction of sp³-hybridized carbons (Fsp3) is 0.650. The van der Waals surface area contributed by atoms with Crippen LogP contribution in [0.1, 0.15) is 37.7 Å². The van der Waals surface area contributed by atoms with Crippen molar-refractivity contribution >= 4 is 18.2 Å². The van der Waals surface area contributed by atoms with Gasteiger partial charge in [-0.25, -0.2) is 0 Å². The Hall–Kier alpha value is -1.30. The van der Waals surface area contributed by atoms with Gasteiger partial charge in [0.15, 0.2) is 11.5 Å². The molecule has 26 heavy (non-hydrogen) atoms. The van der Waals surface area contributed by atoms with Crippen LogP contribution in [0.15, 0.2) is 18.2 Å². The first kappa shape index (κ1) is 21.0. The van der Waals surface area contributed by atoms with Crippen LogP contribution in [0.25, 0.3) is 0 Å². The van der Waals surface area contributed by atoms with Crippen LogP contribution in [0, 0.1) is 0 Å². The topological polar surface area (TPSA) is 48.0 Å². The molecular formula is C20H30ClNO4. The molecule has 1 saturated heterocycles. The van der Waals surface area contributed by atoms with Crippen molar-refractivity contribution in [3.63, 3.8) is 0 Å². The molecule has 5 nitrogen and oxygen atoms in total. The molecule has 0 unspecified atom stereocenters. The van der Waals surface area contributed by atoms with Gasteiger partial charge in [0, 0.05) is 19.0 Å². The van der Waals surface area contributed by atoms with Crippen molar-refractivity contribution in [1.29, 1.82) is 0 Å². The molecule has 6 heteroatoms. The van der Waals surface area contributed by atoms with E-state index in [9.17, 15) is 4.79 Å². The van der Waals surface area contributed by atoms with Crippen LogP contribution in [0.2, 0.25) is 0 Å². The summed E-state index contributed by atoms with van der Waals surface area (Å²) in [7, 11) is 3.30. The summed E-state index contributed by atoms with van der Waals surface area (Å²) in [6, 6.07) is 6.42. The third kappa shape index (κ3) is 5.12. The van der Waals surface area contributed by atoms with Gasteiger partial charge in [-0.3, -0.25) is 9.69 Å². The SMILES string of the molecule is COc1ccc(CCO[C@H]2CCCC[C@@H]2N2CCC(=O)C2)cc1OC.Cl. The summed E-state index contributed by atoms with van der Waals surface area (Å²) in [5, 5.41) is 0. The lowest BCUT2D eigenvalue weighted by atomic mass is 9.91. The molecule has 0 N–H and O–H groups in total. The quantitative estimate of drug-likeness (QED) is 0.723. The maximum atomic E-state index is 11.6. The molecule has 2 aliphatic rings. The Morgan fingerprint density at radius 3 is 2.58 bits per heavy atom. The number of benzene rings is 1. The van der Waals surface area contributed by atoms with E-state index in [2.05, 4.69) is 11.0 Å². The van der Waals surface area contributed by atoms with Gasteiger partial charge >= 0.3 is 0 Å². The average molecular weight is 384 g/mol. The molecule has 3 rings (SSSR count). The summed E-state index contributed by atoms with van der Waals surface area (Å²) in [6.07, 6.45) is 6.51. The van der Waals surface area contributed by atoms with Crippen LogP contribution in [0.4, 0.5) is 0 Å². The summed E-state index contributed by atoms with van der Waals surface area (Å²) in [6.45, 7) is 2.21. The van der Waals surface area contributed by atoms with E-state index in [0.717, 1.165) is 37.3 Å². The number of methoxy groups -OCH3 is 2. The lowest BCUT2D eigenvalue weighted by Crippen LogP contribution is -2.45. The molecule has 0 aromatic heterocycles. The predicted octanol–water partition coefficient (Wildman–Crippen LogP) is 3.27. The lowest BCUT2D eigenvalue weighted by molar-refractivity contribution is -0.117. The number of hydrogen-bond acceptors (Lipinski definition) is 5. The van der Waals surface area contributed by atoms with E-state index in [-0.39, 0.29) is 18.5 Å². The van der Waals surface area contributed by atoms with E-state index in [4.69, 9.17) is 14.2 Å². The summed E-state index contributed by atoms with van der Waals surface area (Å²) in [5.74, 6) is 1.87. The summed E-state index contributed by atoms with van der Waals surface area (Å²) < 4.78 is 16.9. The zero-order valence-corrected chi connectivity index (χ0v) is 16.6. The molecule has 2 fully saturated rings. The van der Waals surface area contributed by atoms with Gasteiger partial charge in [0.2, 0.25) is 0 Å². The third-order valence-electron chi connectivity index (χ3n) is 5.36. The number of nitrogens with zero attached hydrogens (tertiary/aromatic N) is 1. The molecular weight excluding hydrogens is 354 g/mol. The Morgan fingerprint density at radius 1 is 1.12 bits per heavy atom. The maximum Gasteiger partial charge on any atom is 0.160 e. The Labute approximate surface area is 162 Å². The maximum absolute atomic E-state index is 11.6. The van der Waals surface area contributed by atoms with Crippen LogP contribution < -0.4 is 9.47 Å². The van der Waals surface area contributed by atoms with Crippen molar-refractivity contribution in [3.8, 4) is 11.5 Å². The van der Waals surface area contributed by atoms with E-state index in [1.54, 1.807) is 14.2 Å². The van der Waals surface area contributed by atoms with E-state index < -0.39 is 0 Å². The normalized spacial score (nSPS) is 23.5. The molecule has 0 radical (unpaired) electrons. The number of halogens is 1. The van der Waals surface area contributed by atoms with Crippen LogP contribution in [0.3, 0.4) is 0 Å².